The predicted molar refractivity (Wildman–Crippen MR) is 73.8 cm³/mol. The van der Waals surface area contributed by atoms with E-state index < -0.39 is 0 Å². The van der Waals surface area contributed by atoms with Gasteiger partial charge in [0.15, 0.2) is 0 Å². The van der Waals surface area contributed by atoms with Crippen molar-refractivity contribution in [3.05, 3.63) is 28.7 Å². The van der Waals surface area contributed by atoms with Crippen LogP contribution in [0.3, 0.4) is 0 Å². The maximum Gasteiger partial charge on any atom is 0.251 e. The molecule has 0 saturated carbocycles. The van der Waals surface area contributed by atoms with Crippen molar-refractivity contribution in [3.63, 3.8) is 0 Å². The third kappa shape index (κ3) is 3.82. The molecule has 0 radical (unpaired) electrons. The van der Waals surface area contributed by atoms with Gasteiger partial charge in [-0.3, -0.25) is 9.59 Å². The largest absolute Gasteiger partial charge is 0.398 e. The Morgan fingerprint density at radius 3 is 3.05 bits per heavy atom. The van der Waals surface area contributed by atoms with Crippen molar-refractivity contribution in [1.82, 2.24) is 14.8 Å². The summed E-state index contributed by atoms with van der Waals surface area (Å²) >= 11 is 0. The molecule has 2 rings (SSSR count). The molecule has 1 aliphatic heterocycles. The fourth-order valence-electron chi connectivity index (χ4n) is 2.39. The number of carbonyl (C=O) groups excluding carboxylic acids is 1. The highest BCUT2D eigenvalue weighted by molar-refractivity contribution is 5.76. The number of aromatic nitrogens is 1. The Morgan fingerprint density at radius 2 is 2.32 bits per heavy atom. The first-order valence-electron chi connectivity index (χ1n) is 6.48. The summed E-state index contributed by atoms with van der Waals surface area (Å²) in [7, 11) is 2.04. The van der Waals surface area contributed by atoms with Crippen LogP contribution in [0.15, 0.2) is 23.1 Å². The topological polar surface area (TPSA) is 80.4 Å². The summed E-state index contributed by atoms with van der Waals surface area (Å²) in [5.41, 5.74) is 5.87. The molecule has 19 heavy (non-hydrogen) atoms. The van der Waals surface area contributed by atoms with E-state index in [1.165, 1.54) is 22.9 Å². The number of piperidine rings is 1. The molecule has 1 fully saturated rings. The zero-order valence-electron chi connectivity index (χ0n) is 11.1. The Kier molecular flexibility index (Phi) is 4.21. The molecular formula is C13H20N4O2. The third-order valence-corrected chi connectivity index (χ3v) is 3.31. The second-order valence-corrected chi connectivity index (χ2v) is 5.10. The number of pyridine rings is 1. The van der Waals surface area contributed by atoms with Crippen LogP contribution in [-0.4, -0.2) is 41.6 Å². The minimum absolute atomic E-state index is 0.0179. The second kappa shape index (κ2) is 5.88. The SMILES string of the molecule is CN1CCCC(NC(=O)Cn2cc(N)ccc2=O)C1. The number of hydrogen-bond acceptors (Lipinski definition) is 4. The second-order valence-electron chi connectivity index (χ2n) is 5.10. The van der Waals surface area contributed by atoms with Crippen molar-refractivity contribution >= 4 is 11.6 Å². The zero-order chi connectivity index (χ0) is 13.8. The van der Waals surface area contributed by atoms with Crippen molar-refractivity contribution in [2.75, 3.05) is 25.9 Å². The molecule has 1 aliphatic rings. The number of nitrogens with zero attached hydrogens (tertiary/aromatic N) is 2. The summed E-state index contributed by atoms with van der Waals surface area (Å²) in [6.45, 7) is 1.95. The Bertz CT molecular complexity index is 512. The van der Waals surface area contributed by atoms with E-state index in [0.717, 1.165) is 25.9 Å². The standard InChI is InChI=1S/C13H20N4O2/c1-16-6-2-3-11(8-16)15-12(18)9-17-7-10(14)4-5-13(17)19/h4-5,7,11H,2-3,6,8-9,14H2,1H3,(H,15,18). The zero-order valence-corrected chi connectivity index (χ0v) is 11.1. The van der Waals surface area contributed by atoms with Gasteiger partial charge < -0.3 is 20.5 Å². The summed E-state index contributed by atoms with van der Waals surface area (Å²) in [5, 5.41) is 2.96. The van der Waals surface area contributed by atoms with Gasteiger partial charge in [0.25, 0.3) is 5.56 Å². The molecule has 6 heteroatoms. The summed E-state index contributed by atoms with van der Waals surface area (Å²) in [6, 6.07) is 3.08. The number of nitrogen functional groups attached to an aromatic ring is 1. The lowest BCUT2D eigenvalue weighted by atomic mass is 10.1. The Labute approximate surface area is 112 Å². The van der Waals surface area contributed by atoms with E-state index in [1.807, 2.05) is 7.05 Å². The molecule has 1 aromatic heterocycles. The van der Waals surface area contributed by atoms with Crippen LogP contribution in [0.2, 0.25) is 0 Å². The highest BCUT2D eigenvalue weighted by Crippen LogP contribution is 2.07. The number of rotatable bonds is 3. The van der Waals surface area contributed by atoms with Crippen LogP contribution in [0, 0.1) is 0 Å². The number of nitrogens with one attached hydrogen (secondary N) is 1. The molecule has 1 atom stereocenters. The van der Waals surface area contributed by atoms with Crippen molar-refractivity contribution < 1.29 is 4.79 Å². The quantitative estimate of drug-likeness (QED) is 0.781. The van der Waals surface area contributed by atoms with Gasteiger partial charge >= 0.3 is 0 Å². The van der Waals surface area contributed by atoms with Gasteiger partial charge in [-0.05, 0) is 32.5 Å². The van der Waals surface area contributed by atoms with Crippen molar-refractivity contribution in [1.29, 1.82) is 0 Å². The molecule has 104 valence electrons. The molecule has 3 N–H and O–H groups in total. The third-order valence-electron chi connectivity index (χ3n) is 3.31. The van der Waals surface area contributed by atoms with E-state index in [4.69, 9.17) is 5.73 Å². The summed E-state index contributed by atoms with van der Waals surface area (Å²) < 4.78 is 1.33. The van der Waals surface area contributed by atoms with Crippen LogP contribution >= 0.6 is 0 Å². The normalized spacial score (nSPS) is 20.2. The predicted octanol–water partition coefficient (Wildman–Crippen LogP) is -0.359. The number of anilines is 1. The Balaban J connectivity index is 1.94. The lowest BCUT2D eigenvalue weighted by Gasteiger charge is -2.30. The number of amides is 1. The van der Waals surface area contributed by atoms with Gasteiger partial charge in [0.2, 0.25) is 5.91 Å². The fourth-order valence-corrected chi connectivity index (χ4v) is 2.39. The first kappa shape index (κ1) is 13.6. The number of carbonyl (C=O) groups is 1. The number of likely N-dealkylation sites (N-methyl/N-ethyl adjacent to an activating group) is 1. The summed E-state index contributed by atoms with van der Waals surface area (Å²) in [6.07, 6.45) is 3.57. The molecule has 1 aromatic rings. The fraction of sp³-hybridized carbons (Fsp3) is 0.538. The highest BCUT2D eigenvalue weighted by Gasteiger charge is 2.18. The molecule has 0 spiro atoms. The van der Waals surface area contributed by atoms with Gasteiger partial charge in [0.05, 0.1) is 0 Å². The van der Waals surface area contributed by atoms with Gasteiger partial charge in [0, 0.05) is 30.5 Å². The number of hydrogen-bond donors (Lipinski definition) is 2. The van der Waals surface area contributed by atoms with Crippen molar-refractivity contribution in [2.45, 2.75) is 25.4 Å². The maximum atomic E-state index is 11.9. The highest BCUT2D eigenvalue weighted by atomic mass is 16.2. The molecule has 0 bridgehead atoms. The molecular weight excluding hydrogens is 244 g/mol. The minimum Gasteiger partial charge on any atom is -0.398 e. The lowest BCUT2D eigenvalue weighted by Crippen LogP contribution is -2.47. The van der Waals surface area contributed by atoms with Crippen molar-refractivity contribution in [3.8, 4) is 0 Å². The Hall–Kier alpha value is -1.82. The first-order chi connectivity index (χ1) is 9.04. The smallest absolute Gasteiger partial charge is 0.251 e. The first-order valence-corrected chi connectivity index (χ1v) is 6.48. The van der Waals surface area contributed by atoms with Gasteiger partial charge in [0.1, 0.15) is 6.54 Å². The molecule has 1 amide bonds. The molecule has 6 nitrogen and oxygen atoms in total. The molecule has 0 aliphatic carbocycles. The Morgan fingerprint density at radius 1 is 1.53 bits per heavy atom. The molecule has 2 heterocycles. The summed E-state index contributed by atoms with van der Waals surface area (Å²) in [4.78, 5) is 25.7. The molecule has 1 unspecified atom stereocenters. The van der Waals surface area contributed by atoms with Crippen LogP contribution in [0.1, 0.15) is 12.8 Å². The average molecular weight is 264 g/mol. The number of nitrogens with two attached hydrogens (primary N) is 1. The maximum absolute atomic E-state index is 11.9. The van der Waals surface area contributed by atoms with Crippen LogP contribution in [-0.2, 0) is 11.3 Å². The number of likely N-dealkylation sites (tertiary alicyclic amines) is 1. The van der Waals surface area contributed by atoms with Crippen LogP contribution in [0.5, 0.6) is 0 Å². The van der Waals surface area contributed by atoms with E-state index >= 15 is 0 Å². The van der Waals surface area contributed by atoms with Gasteiger partial charge in [-0.2, -0.15) is 0 Å². The van der Waals surface area contributed by atoms with E-state index in [0.29, 0.717) is 5.69 Å². The van der Waals surface area contributed by atoms with Crippen LogP contribution < -0.4 is 16.6 Å². The summed E-state index contributed by atoms with van der Waals surface area (Å²) in [5.74, 6) is -0.145. The van der Waals surface area contributed by atoms with Gasteiger partial charge in [-0.1, -0.05) is 0 Å². The van der Waals surface area contributed by atoms with Crippen LogP contribution in [0.25, 0.3) is 0 Å². The average Bonchev–Trinajstić information content (AvgIpc) is 2.34. The minimum atomic E-state index is -0.217. The molecule has 0 aromatic carbocycles. The lowest BCUT2D eigenvalue weighted by molar-refractivity contribution is -0.122. The molecule has 1 saturated heterocycles. The van der Waals surface area contributed by atoms with Gasteiger partial charge in [-0.15, -0.1) is 0 Å². The van der Waals surface area contributed by atoms with E-state index in [-0.39, 0.29) is 24.1 Å². The van der Waals surface area contributed by atoms with Crippen LogP contribution in [0.4, 0.5) is 5.69 Å². The monoisotopic (exact) mass is 264 g/mol. The van der Waals surface area contributed by atoms with Gasteiger partial charge in [-0.25, -0.2) is 0 Å². The van der Waals surface area contributed by atoms with E-state index in [9.17, 15) is 9.59 Å². The van der Waals surface area contributed by atoms with E-state index in [2.05, 4.69) is 10.2 Å². The van der Waals surface area contributed by atoms with Crippen molar-refractivity contribution in [2.24, 2.45) is 0 Å². The van der Waals surface area contributed by atoms with E-state index in [1.54, 1.807) is 0 Å².